The number of nitrogens with one attached hydrogen (secondary N) is 1. The van der Waals surface area contributed by atoms with Gasteiger partial charge in [-0.15, -0.1) is 0 Å². The third-order valence-corrected chi connectivity index (χ3v) is 6.52. The van der Waals surface area contributed by atoms with Crippen molar-refractivity contribution in [2.24, 2.45) is 0 Å². The Labute approximate surface area is 208 Å². The highest BCUT2D eigenvalue weighted by atomic mass is 35.5. The predicted molar refractivity (Wildman–Crippen MR) is 136 cm³/mol. The Balaban J connectivity index is 1.59. The van der Waals surface area contributed by atoms with Crippen LogP contribution in [0.5, 0.6) is 0 Å². The topological polar surface area (TPSA) is 67.3 Å². The lowest BCUT2D eigenvalue weighted by molar-refractivity contribution is 0.382. The molecule has 8 heteroatoms. The summed E-state index contributed by atoms with van der Waals surface area (Å²) in [6.45, 7) is 4.65. The molecule has 2 aromatic heterocycles. The van der Waals surface area contributed by atoms with Crippen LogP contribution < -0.4 is 5.32 Å². The van der Waals surface area contributed by atoms with Crippen LogP contribution in [0.2, 0.25) is 5.02 Å². The smallest absolute Gasteiger partial charge is 0.258 e. The molecule has 3 heterocycles. The zero-order chi connectivity index (χ0) is 23.7. The molecule has 0 spiro atoms. The monoisotopic (exact) mass is 490 g/mol. The lowest BCUT2D eigenvalue weighted by Gasteiger charge is -2.37. The Bertz CT molecular complexity index is 1350. The minimum Gasteiger partial charge on any atom is -0.467 e. The maximum absolute atomic E-state index is 6.17. The molecule has 1 N–H and O–H groups in total. The zero-order valence-electron chi connectivity index (χ0n) is 18.8. The van der Waals surface area contributed by atoms with Gasteiger partial charge >= 0.3 is 0 Å². The van der Waals surface area contributed by atoms with E-state index >= 15 is 0 Å². The van der Waals surface area contributed by atoms with Crippen molar-refractivity contribution >= 4 is 34.5 Å². The minimum absolute atomic E-state index is 0.237. The van der Waals surface area contributed by atoms with Crippen molar-refractivity contribution in [3.05, 3.63) is 100 Å². The van der Waals surface area contributed by atoms with Gasteiger partial charge in [0.2, 0.25) is 5.82 Å². The van der Waals surface area contributed by atoms with Crippen molar-refractivity contribution in [3.63, 3.8) is 0 Å². The first-order valence-corrected chi connectivity index (χ1v) is 11.8. The van der Waals surface area contributed by atoms with Crippen molar-refractivity contribution in [2.75, 3.05) is 0 Å². The summed E-state index contributed by atoms with van der Waals surface area (Å²) in [4.78, 5) is 6.72. The molecule has 0 fully saturated rings. The minimum atomic E-state index is -0.237. The number of allylic oxidation sites excluding steroid dienone is 1. The van der Waals surface area contributed by atoms with Crippen molar-refractivity contribution in [3.8, 4) is 11.4 Å². The Morgan fingerprint density at radius 1 is 1.12 bits per heavy atom. The standard InChI is InChI=1S/C26H23ClN4O2S/c1-3-17-9-11-18(12-10-17)23-22(16(2)31(26(34)28-23)15-21-8-5-13-32-21)25-29-24(30-33-25)19-6-4-7-20(27)14-19/h4-14,23H,3,15H2,1-2H3,(H,28,34). The highest BCUT2D eigenvalue weighted by molar-refractivity contribution is 7.80. The molecule has 0 amide bonds. The average molecular weight is 491 g/mol. The molecule has 1 unspecified atom stereocenters. The molecule has 1 atom stereocenters. The molecule has 2 aromatic carbocycles. The molecule has 4 aromatic rings. The molecule has 1 aliphatic heterocycles. The molecular formula is C26H23ClN4O2S. The molecular weight excluding hydrogens is 468 g/mol. The first-order chi connectivity index (χ1) is 16.5. The zero-order valence-corrected chi connectivity index (χ0v) is 20.4. The van der Waals surface area contributed by atoms with Crippen LogP contribution in [0.4, 0.5) is 0 Å². The fourth-order valence-electron chi connectivity index (χ4n) is 4.08. The van der Waals surface area contributed by atoms with Crippen LogP contribution in [0.1, 0.15) is 42.7 Å². The van der Waals surface area contributed by atoms with Gasteiger partial charge in [0.25, 0.3) is 5.89 Å². The molecule has 5 rings (SSSR count). The summed E-state index contributed by atoms with van der Waals surface area (Å²) in [6.07, 6.45) is 2.63. The Morgan fingerprint density at radius 2 is 1.94 bits per heavy atom. The van der Waals surface area contributed by atoms with Crippen molar-refractivity contribution < 1.29 is 8.94 Å². The third kappa shape index (κ3) is 4.36. The second kappa shape index (κ2) is 9.44. The van der Waals surface area contributed by atoms with Gasteiger partial charge in [0.05, 0.1) is 24.4 Å². The number of rotatable bonds is 6. The Kier molecular flexibility index (Phi) is 6.22. The van der Waals surface area contributed by atoms with E-state index in [-0.39, 0.29) is 6.04 Å². The highest BCUT2D eigenvalue weighted by Gasteiger charge is 2.34. The second-order valence-corrected chi connectivity index (χ2v) is 8.90. The van der Waals surface area contributed by atoms with Crippen LogP contribution in [0.3, 0.4) is 0 Å². The normalized spacial score (nSPS) is 16.1. The number of nitrogens with zero attached hydrogens (tertiary/aromatic N) is 3. The first kappa shape index (κ1) is 22.4. The molecule has 34 heavy (non-hydrogen) atoms. The van der Waals surface area contributed by atoms with E-state index in [1.54, 1.807) is 6.26 Å². The number of hydrogen-bond acceptors (Lipinski definition) is 5. The Morgan fingerprint density at radius 3 is 2.65 bits per heavy atom. The van der Waals surface area contributed by atoms with Crippen LogP contribution in [-0.4, -0.2) is 20.2 Å². The number of aryl methyl sites for hydroxylation is 1. The maximum Gasteiger partial charge on any atom is 0.258 e. The molecule has 172 valence electrons. The van der Waals surface area contributed by atoms with E-state index in [9.17, 15) is 0 Å². The van der Waals surface area contributed by atoms with Gasteiger partial charge in [-0.2, -0.15) is 4.98 Å². The average Bonchev–Trinajstić information content (AvgIpc) is 3.54. The SMILES string of the molecule is CCc1ccc(C2NC(=S)N(Cc3ccco3)C(C)=C2c2nc(-c3cccc(Cl)c3)no2)cc1. The molecule has 0 aliphatic carbocycles. The maximum atomic E-state index is 6.17. The van der Waals surface area contributed by atoms with Crippen LogP contribution >= 0.6 is 23.8 Å². The van der Waals surface area contributed by atoms with Gasteiger partial charge < -0.3 is 19.2 Å². The fraction of sp³-hybridized carbons (Fsp3) is 0.192. The van der Waals surface area contributed by atoms with E-state index in [4.69, 9.17) is 37.7 Å². The molecule has 0 radical (unpaired) electrons. The molecule has 0 saturated carbocycles. The van der Waals surface area contributed by atoms with Gasteiger partial charge in [0.1, 0.15) is 5.76 Å². The number of halogens is 1. The molecule has 6 nitrogen and oxygen atoms in total. The van der Waals surface area contributed by atoms with E-state index in [1.807, 2.05) is 48.2 Å². The number of hydrogen-bond donors (Lipinski definition) is 1. The van der Waals surface area contributed by atoms with Crippen LogP contribution in [-0.2, 0) is 13.0 Å². The van der Waals surface area contributed by atoms with Crippen molar-refractivity contribution in [1.29, 1.82) is 0 Å². The highest BCUT2D eigenvalue weighted by Crippen LogP contribution is 2.38. The number of thiocarbonyl (C=S) groups is 1. The second-order valence-electron chi connectivity index (χ2n) is 8.08. The largest absolute Gasteiger partial charge is 0.467 e. The molecule has 1 aliphatic rings. The van der Waals surface area contributed by atoms with Gasteiger partial charge in [-0.05, 0) is 61.0 Å². The first-order valence-electron chi connectivity index (χ1n) is 11.0. The van der Waals surface area contributed by atoms with Gasteiger partial charge in [-0.25, -0.2) is 0 Å². The predicted octanol–water partition coefficient (Wildman–Crippen LogP) is 6.41. The number of furan rings is 1. The van der Waals surface area contributed by atoms with Crippen molar-refractivity contribution in [1.82, 2.24) is 20.4 Å². The molecule has 0 saturated heterocycles. The van der Waals surface area contributed by atoms with E-state index in [1.165, 1.54) is 5.56 Å². The summed E-state index contributed by atoms with van der Waals surface area (Å²) in [5.41, 5.74) is 4.91. The van der Waals surface area contributed by atoms with Gasteiger partial charge in [-0.1, -0.05) is 60.1 Å². The van der Waals surface area contributed by atoms with E-state index in [0.717, 1.165) is 34.6 Å². The van der Waals surface area contributed by atoms with Crippen LogP contribution in [0, 0.1) is 0 Å². The van der Waals surface area contributed by atoms with Gasteiger partial charge in [0, 0.05) is 16.3 Å². The number of benzene rings is 2. The Hall–Kier alpha value is -3.42. The van der Waals surface area contributed by atoms with E-state index < -0.39 is 0 Å². The van der Waals surface area contributed by atoms with E-state index in [2.05, 4.69) is 41.7 Å². The summed E-state index contributed by atoms with van der Waals surface area (Å²) in [5, 5.41) is 8.94. The summed E-state index contributed by atoms with van der Waals surface area (Å²) in [7, 11) is 0. The summed E-state index contributed by atoms with van der Waals surface area (Å²) < 4.78 is 11.4. The van der Waals surface area contributed by atoms with Crippen molar-refractivity contribution in [2.45, 2.75) is 32.9 Å². The van der Waals surface area contributed by atoms with Crippen LogP contribution in [0.15, 0.2) is 81.6 Å². The summed E-state index contributed by atoms with van der Waals surface area (Å²) >= 11 is 11.9. The quantitative estimate of drug-likeness (QED) is 0.313. The molecule has 0 bridgehead atoms. The van der Waals surface area contributed by atoms with Gasteiger partial charge in [0.15, 0.2) is 5.11 Å². The van der Waals surface area contributed by atoms with E-state index in [0.29, 0.717) is 28.4 Å². The van der Waals surface area contributed by atoms with Crippen LogP contribution in [0.25, 0.3) is 17.0 Å². The fourth-order valence-corrected chi connectivity index (χ4v) is 4.59. The third-order valence-electron chi connectivity index (χ3n) is 5.95. The lowest BCUT2D eigenvalue weighted by Crippen LogP contribution is -2.45. The summed E-state index contributed by atoms with van der Waals surface area (Å²) in [6, 6.07) is 19.4. The number of aromatic nitrogens is 2. The lowest BCUT2D eigenvalue weighted by atomic mass is 9.94. The van der Waals surface area contributed by atoms with Gasteiger partial charge in [-0.3, -0.25) is 0 Å². The summed E-state index contributed by atoms with van der Waals surface area (Å²) in [5.74, 6) is 1.71.